The summed E-state index contributed by atoms with van der Waals surface area (Å²) in [7, 11) is 1.60. The summed E-state index contributed by atoms with van der Waals surface area (Å²) >= 11 is 0. The van der Waals surface area contributed by atoms with Gasteiger partial charge in [0, 0.05) is 35.8 Å². The molecule has 7 heteroatoms. The van der Waals surface area contributed by atoms with Crippen LogP contribution in [0.4, 0.5) is 5.82 Å². The van der Waals surface area contributed by atoms with Gasteiger partial charge >= 0.3 is 0 Å². The smallest absolute Gasteiger partial charge is 0.212 e. The molecule has 0 aliphatic carbocycles. The van der Waals surface area contributed by atoms with E-state index in [1.807, 2.05) is 36.4 Å². The van der Waals surface area contributed by atoms with Gasteiger partial charge in [-0.2, -0.15) is 9.61 Å². The van der Waals surface area contributed by atoms with Crippen molar-refractivity contribution in [1.29, 1.82) is 0 Å². The Labute approximate surface area is 144 Å². The van der Waals surface area contributed by atoms with E-state index in [-0.39, 0.29) is 0 Å². The molecule has 0 saturated carbocycles. The molecule has 4 heterocycles. The number of ether oxygens (including phenoxy) is 1. The van der Waals surface area contributed by atoms with Crippen LogP contribution < -0.4 is 10.1 Å². The maximum atomic E-state index is 5.10. The van der Waals surface area contributed by atoms with Crippen molar-refractivity contribution >= 4 is 11.5 Å². The van der Waals surface area contributed by atoms with Crippen molar-refractivity contribution in [3.8, 4) is 17.0 Å². The molecule has 0 saturated heterocycles. The van der Waals surface area contributed by atoms with Gasteiger partial charge in [0.1, 0.15) is 5.82 Å². The summed E-state index contributed by atoms with van der Waals surface area (Å²) in [6.07, 6.45) is 7.09. The van der Waals surface area contributed by atoms with Crippen molar-refractivity contribution in [2.24, 2.45) is 0 Å². The summed E-state index contributed by atoms with van der Waals surface area (Å²) < 4.78 is 6.88. The van der Waals surface area contributed by atoms with Gasteiger partial charge in [0.25, 0.3) is 0 Å². The molecule has 0 aliphatic heterocycles. The third-order valence-corrected chi connectivity index (χ3v) is 3.83. The van der Waals surface area contributed by atoms with Gasteiger partial charge in [0.2, 0.25) is 5.88 Å². The van der Waals surface area contributed by atoms with E-state index >= 15 is 0 Å². The highest BCUT2D eigenvalue weighted by Crippen LogP contribution is 2.25. The van der Waals surface area contributed by atoms with Crippen LogP contribution in [0, 0.1) is 0 Å². The summed E-state index contributed by atoms with van der Waals surface area (Å²) in [5.41, 5.74) is 3.57. The number of fused-ring (bicyclic) bond motifs is 1. The summed E-state index contributed by atoms with van der Waals surface area (Å²) in [5, 5.41) is 7.81. The lowest BCUT2D eigenvalue weighted by atomic mass is 10.1. The first kappa shape index (κ1) is 15.1. The van der Waals surface area contributed by atoms with Crippen LogP contribution >= 0.6 is 0 Å². The van der Waals surface area contributed by atoms with Crippen LogP contribution in [-0.4, -0.2) is 31.7 Å². The Bertz CT molecular complexity index is 982. The second-order valence-corrected chi connectivity index (χ2v) is 5.39. The van der Waals surface area contributed by atoms with Gasteiger partial charge in [-0.3, -0.25) is 4.98 Å². The van der Waals surface area contributed by atoms with Crippen molar-refractivity contribution in [3.63, 3.8) is 0 Å². The molecule has 0 radical (unpaired) electrons. The number of methoxy groups -OCH3 is 1. The first-order chi connectivity index (χ1) is 12.3. The first-order valence-corrected chi connectivity index (χ1v) is 7.82. The van der Waals surface area contributed by atoms with E-state index in [1.165, 1.54) is 0 Å². The Balaban J connectivity index is 1.65. The number of aromatic nitrogens is 5. The number of hydrogen-bond donors (Lipinski definition) is 1. The Morgan fingerprint density at radius 3 is 2.72 bits per heavy atom. The Morgan fingerprint density at radius 2 is 1.96 bits per heavy atom. The molecule has 4 aromatic heterocycles. The second kappa shape index (κ2) is 6.56. The molecule has 0 aromatic carbocycles. The third-order valence-electron chi connectivity index (χ3n) is 3.83. The maximum Gasteiger partial charge on any atom is 0.212 e. The molecule has 1 N–H and O–H groups in total. The van der Waals surface area contributed by atoms with E-state index in [1.54, 1.807) is 36.4 Å². The standard InChI is InChI=1S/C18H16N6O/c1-25-17-6-5-13(10-22-17)15-12-23-24-16(7-9-20-18(15)24)21-11-14-4-2-3-8-19-14/h2-10,12,21H,11H2,1H3. The average molecular weight is 332 g/mol. The number of nitrogens with zero attached hydrogens (tertiary/aromatic N) is 5. The van der Waals surface area contributed by atoms with Gasteiger partial charge in [0.05, 0.1) is 25.5 Å². The van der Waals surface area contributed by atoms with Gasteiger partial charge in [0.15, 0.2) is 5.65 Å². The van der Waals surface area contributed by atoms with Crippen molar-refractivity contribution in [2.75, 3.05) is 12.4 Å². The molecule has 124 valence electrons. The molecule has 0 spiro atoms. The molecular weight excluding hydrogens is 316 g/mol. The number of anilines is 1. The molecule has 0 fully saturated rings. The minimum atomic E-state index is 0.575. The zero-order valence-corrected chi connectivity index (χ0v) is 13.6. The molecule has 0 aliphatic rings. The molecule has 25 heavy (non-hydrogen) atoms. The third kappa shape index (κ3) is 2.99. The fourth-order valence-corrected chi connectivity index (χ4v) is 2.57. The zero-order valence-electron chi connectivity index (χ0n) is 13.6. The molecule has 7 nitrogen and oxygen atoms in total. The highest BCUT2D eigenvalue weighted by atomic mass is 16.5. The van der Waals surface area contributed by atoms with E-state index in [4.69, 9.17) is 4.74 Å². The van der Waals surface area contributed by atoms with Crippen LogP contribution in [0.1, 0.15) is 5.69 Å². The van der Waals surface area contributed by atoms with Crippen molar-refractivity contribution in [3.05, 3.63) is 66.9 Å². The predicted molar refractivity (Wildman–Crippen MR) is 94.3 cm³/mol. The van der Waals surface area contributed by atoms with Crippen molar-refractivity contribution in [1.82, 2.24) is 24.6 Å². The molecule has 0 bridgehead atoms. The monoisotopic (exact) mass is 332 g/mol. The molecular formula is C18H16N6O. The van der Waals surface area contributed by atoms with Gasteiger partial charge in [-0.15, -0.1) is 0 Å². The lowest BCUT2D eigenvalue weighted by Gasteiger charge is -2.08. The molecule has 4 rings (SSSR count). The van der Waals surface area contributed by atoms with E-state index in [0.29, 0.717) is 12.4 Å². The summed E-state index contributed by atoms with van der Waals surface area (Å²) in [6.45, 7) is 0.610. The lowest BCUT2D eigenvalue weighted by Crippen LogP contribution is -2.06. The number of pyridine rings is 2. The molecule has 0 unspecified atom stereocenters. The molecule has 0 atom stereocenters. The van der Waals surface area contributed by atoms with Crippen molar-refractivity contribution < 1.29 is 4.74 Å². The van der Waals surface area contributed by atoms with Crippen LogP contribution in [0.5, 0.6) is 5.88 Å². The van der Waals surface area contributed by atoms with Crippen molar-refractivity contribution in [2.45, 2.75) is 6.54 Å². The second-order valence-electron chi connectivity index (χ2n) is 5.39. The summed E-state index contributed by atoms with van der Waals surface area (Å²) in [4.78, 5) is 13.0. The lowest BCUT2D eigenvalue weighted by molar-refractivity contribution is 0.398. The van der Waals surface area contributed by atoms with E-state index in [9.17, 15) is 0 Å². The summed E-state index contributed by atoms with van der Waals surface area (Å²) in [6, 6.07) is 11.5. The van der Waals surface area contributed by atoms with E-state index in [0.717, 1.165) is 28.3 Å². The fourth-order valence-electron chi connectivity index (χ4n) is 2.57. The van der Waals surface area contributed by atoms with Gasteiger partial charge in [-0.05, 0) is 24.3 Å². The SMILES string of the molecule is COc1ccc(-c2cnn3c(NCc4ccccn4)ccnc23)cn1. The van der Waals surface area contributed by atoms with E-state index < -0.39 is 0 Å². The fraction of sp³-hybridized carbons (Fsp3) is 0.111. The highest BCUT2D eigenvalue weighted by Gasteiger charge is 2.11. The topological polar surface area (TPSA) is 77.2 Å². The van der Waals surface area contributed by atoms with Crippen LogP contribution in [0.25, 0.3) is 16.8 Å². The number of hydrogen-bond acceptors (Lipinski definition) is 6. The largest absolute Gasteiger partial charge is 0.481 e. The molecule has 0 amide bonds. The Hall–Kier alpha value is -3.48. The van der Waals surface area contributed by atoms with Crippen LogP contribution in [0.3, 0.4) is 0 Å². The van der Waals surface area contributed by atoms with Gasteiger partial charge in [-0.25, -0.2) is 9.97 Å². The summed E-state index contributed by atoms with van der Waals surface area (Å²) in [5.74, 6) is 1.43. The Morgan fingerprint density at radius 1 is 1.00 bits per heavy atom. The number of nitrogens with one attached hydrogen (secondary N) is 1. The average Bonchev–Trinajstić information content (AvgIpc) is 3.12. The van der Waals surface area contributed by atoms with E-state index in [2.05, 4.69) is 25.4 Å². The Kier molecular flexibility index (Phi) is 3.96. The minimum absolute atomic E-state index is 0.575. The normalized spacial score (nSPS) is 10.8. The van der Waals surface area contributed by atoms with Gasteiger partial charge in [-0.1, -0.05) is 6.07 Å². The first-order valence-electron chi connectivity index (χ1n) is 7.82. The maximum absolute atomic E-state index is 5.10. The zero-order chi connectivity index (χ0) is 17.1. The van der Waals surface area contributed by atoms with Crippen LogP contribution in [0.15, 0.2) is 61.2 Å². The number of rotatable bonds is 5. The van der Waals surface area contributed by atoms with Crippen LogP contribution in [-0.2, 0) is 6.54 Å². The predicted octanol–water partition coefficient (Wildman–Crippen LogP) is 2.81. The quantitative estimate of drug-likeness (QED) is 0.605. The minimum Gasteiger partial charge on any atom is -0.481 e. The molecule has 4 aromatic rings. The highest BCUT2D eigenvalue weighted by molar-refractivity contribution is 5.77. The van der Waals surface area contributed by atoms with Crippen LogP contribution in [0.2, 0.25) is 0 Å². The van der Waals surface area contributed by atoms with Gasteiger partial charge < -0.3 is 10.1 Å².